The lowest BCUT2D eigenvalue weighted by Crippen LogP contribution is -2.31. The summed E-state index contributed by atoms with van der Waals surface area (Å²) in [5, 5.41) is 0. The fraction of sp³-hybridized carbons (Fsp3) is 1.00. The van der Waals surface area contributed by atoms with E-state index in [0.717, 1.165) is 51.4 Å². The first-order chi connectivity index (χ1) is 16.0. The molecule has 0 aliphatic heterocycles. The van der Waals surface area contributed by atoms with Crippen molar-refractivity contribution < 1.29 is 18.5 Å². The molecule has 208 valence electrons. The molecule has 0 aromatic heterocycles. The number of nitrogens with two attached hydrogens (primary N) is 1. The van der Waals surface area contributed by atoms with Crippen molar-refractivity contribution >= 4 is 7.82 Å². The summed E-state index contributed by atoms with van der Waals surface area (Å²) in [6.07, 6.45) is 19.4. The summed E-state index contributed by atoms with van der Waals surface area (Å²) in [4.78, 5) is 9.77. The van der Waals surface area contributed by atoms with E-state index in [4.69, 9.17) is 14.8 Å². The Morgan fingerprint density at radius 2 is 1.09 bits per heavy atom. The van der Waals surface area contributed by atoms with Gasteiger partial charge in [-0.1, -0.05) is 118 Å². The highest BCUT2D eigenvalue weighted by molar-refractivity contribution is 7.47. The topological polar surface area (TPSA) is 81.8 Å². The lowest BCUT2D eigenvalue weighted by molar-refractivity contribution is 0.110. The number of hydrogen-bond acceptors (Lipinski definition) is 4. The molecule has 0 fully saturated rings. The molecule has 0 rings (SSSR count). The van der Waals surface area contributed by atoms with E-state index < -0.39 is 7.82 Å². The maximum Gasteiger partial charge on any atom is 0.472 e. The molecule has 0 aliphatic rings. The highest BCUT2D eigenvalue weighted by atomic mass is 31.2. The van der Waals surface area contributed by atoms with Gasteiger partial charge >= 0.3 is 7.82 Å². The molecule has 6 heteroatoms. The van der Waals surface area contributed by atoms with Crippen LogP contribution in [-0.4, -0.2) is 23.6 Å². The molecule has 0 saturated carbocycles. The fourth-order valence-electron chi connectivity index (χ4n) is 3.77. The molecule has 2 unspecified atom stereocenters. The number of rotatable bonds is 22. The third kappa shape index (κ3) is 26.7. The molecule has 5 nitrogen and oxygen atoms in total. The molecule has 0 saturated heterocycles. The van der Waals surface area contributed by atoms with E-state index in [1.807, 2.05) is 0 Å². The van der Waals surface area contributed by atoms with Gasteiger partial charge in [-0.25, -0.2) is 4.57 Å². The molecule has 0 aliphatic carbocycles. The number of phosphoric ester groups is 1. The molecule has 2 atom stereocenters. The van der Waals surface area contributed by atoms with Crippen molar-refractivity contribution in [2.24, 2.45) is 17.6 Å². The molecule has 0 spiro atoms. The van der Waals surface area contributed by atoms with Crippen molar-refractivity contribution in [3.8, 4) is 0 Å². The van der Waals surface area contributed by atoms with E-state index in [0.29, 0.717) is 25.0 Å². The number of hydrogen-bond donors (Lipinski definition) is 2. The molecule has 0 amide bonds. The average molecular weight is 508 g/mol. The van der Waals surface area contributed by atoms with Gasteiger partial charge in [0.1, 0.15) is 0 Å². The van der Waals surface area contributed by atoms with Crippen LogP contribution in [0.3, 0.4) is 0 Å². The molecule has 0 aromatic carbocycles. The maximum absolute atomic E-state index is 11.9. The summed E-state index contributed by atoms with van der Waals surface area (Å²) in [5.41, 5.74) is 5.94. The van der Waals surface area contributed by atoms with Gasteiger partial charge in [0.15, 0.2) is 0 Å². The van der Waals surface area contributed by atoms with Crippen LogP contribution in [0.1, 0.15) is 151 Å². The largest absolute Gasteiger partial charge is 0.472 e. The normalized spacial score (nSPS) is 15.3. The molecule has 34 heavy (non-hydrogen) atoms. The standard InChI is InChI=1S/C16H35O4P.C12H27N/c1-5-9-11-15(7-3)13-19-21(17,18)20-14-16(8-4)12-10-6-2;1-4-5-6-7-8-9-10-11-12(2,3)13/h15-16H,5-14H2,1-4H3,(H,17,18);4-11,13H2,1-3H3. The molecule has 0 radical (unpaired) electrons. The van der Waals surface area contributed by atoms with Gasteiger partial charge in [-0.15, -0.1) is 0 Å². The minimum Gasteiger partial charge on any atom is -0.326 e. The Bertz CT molecular complexity index is 444. The van der Waals surface area contributed by atoms with Crippen LogP contribution in [0.5, 0.6) is 0 Å². The van der Waals surface area contributed by atoms with Crippen LogP contribution < -0.4 is 5.73 Å². The first-order valence-electron chi connectivity index (χ1n) is 14.5. The van der Waals surface area contributed by atoms with E-state index >= 15 is 0 Å². The second kappa shape index (κ2) is 23.5. The lowest BCUT2D eigenvalue weighted by Gasteiger charge is -2.20. The van der Waals surface area contributed by atoms with Crippen LogP contribution in [0.4, 0.5) is 0 Å². The number of unbranched alkanes of at least 4 members (excludes halogenated alkanes) is 8. The second-order valence-corrected chi connectivity index (χ2v) is 12.2. The van der Waals surface area contributed by atoms with E-state index in [2.05, 4.69) is 48.5 Å². The molecule has 0 heterocycles. The Morgan fingerprint density at radius 3 is 1.44 bits per heavy atom. The predicted molar refractivity (Wildman–Crippen MR) is 149 cm³/mol. The van der Waals surface area contributed by atoms with E-state index in [-0.39, 0.29) is 5.54 Å². The average Bonchev–Trinajstić information content (AvgIpc) is 2.78. The minimum absolute atomic E-state index is 0.0451. The highest BCUT2D eigenvalue weighted by Gasteiger charge is 2.24. The zero-order chi connectivity index (χ0) is 26.3. The summed E-state index contributed by atoms with van der Waals surface area (Å²) in [6.45, 7) is 15.6. The van der Waals surface area contributed by atoms with Crippen LogP contribution in [0, 0.1) is 11.8 Å². The fourth-order valence-corrected chi connectivity index (χ4v) is 4.64. The van der Waals surface area contributed by atoms with Crippen LogP contribution >= 0.6 is 7.82 Å². The molecule has 0 aromatic rings. The van der Waals surface area contributed by atoms with Gasteiger partial charge < -0.3 is 10.6 Å². The Kier molecular flexibility index (Phi) is 25.0. The molecular formula is C28H62NO4P. The third-order valence-electron chi connectivity index (χ3n) is 6.46. The SMILES string of the molecule is CCCCC(CC)COP(=O)(O)OCC(CC)CCCC.CCCCCCCCCC(C)(C)N. The quantitative estimate of drug-likeness (QED) is 0.113. The van der Waals surface area contributed by atoms with Gasteiger partial charge in [0.25, 0.3) is 0 Å². The third-order valence-corrected chi connectivity index (χ3v) is 7.41. The smallest absolute Gasteiger partial charge is 0.326 e. The van der Waals surface area contributed by atoms with E-state index in [1.54, 1.807) is 0 Å². The Balaban J connectivity index is 0. The summed E-state index contributed by atoms with van der Waals surface area (Å²) < 4.78 is 22.2. The van der Waals surface area contributed by atoms with Crippen LogP contribution in [-0.2, 0) is 13.6 Å². The van der Waals surface area contributed by atoms with Gasteiger partial charge in [0, 0.05) is 5.54 Å². The summed E-state index contributed by atoms with van der Waals surface area (Å²) in [5.74, 6) is 0.687. The van der Waals surface area contributed by atoms with Crippen molar-refractivity contribution in [1.82, 2.24) is 0 Å². The molecule has 0 bridgehead atoms. The van der Waals surface area contributed by atoms with Gasteiger partial charge in [0.2, 0.25) is 0 Å². The number of phosphoric acid groups is 1. The van der Waals surface area contributed by atoms with Crippen molar-refractivity contribution in [2.45, 2.75) is 157 Å². The minimum atomic E-state index is -3.89. The molecular weight excluding hydrogens is 445 g/mol. The van der Waals surface area contributed by atoms with Crippen molar-refractivity contribution in [1.29, 1.82) is 0 Å². The first kappa shape index (κ1) is 36.2. The van der Waals surface area contributed by atoms with Crippen LogP contribution in [0.25, 0.3) is 0 Å². The molecule has 3 N–H and O–H groups in total. The first-order valence-corrected chi connectivity index (χ1v) is 15.9. The summed E-state index contributed by atoms with van der Waals surface area (Å²) in [6, 6.07) is 0. The Morgan fingerprint density at radius 1 is 0.706 bits per heavy atom. The zero-order valence-electron chi connectivity index (χ0n) is 24.1. The van der Waals surface area contributed by atoms with Crippen molar-refractivity contribution in [2.75, 3.05) is 13.2 Å². The maximum atomic E-state index is 11.9. The van der Waals surface area contributed by atoms with Crippen molar-refractivity contribution in [3.05, 3.63) is 0 Å². The summed E-state index contributed by atoms with van der Waals surface area (Å²) >= 11 is 0. The van der Waals surface area contributed by atoms with E-state index in [1.165, 1.54) is 51.4 Å². The Labute approximate surface area is 214 Å². The van der Waals surface area contributed by atoms with Gasteiger partial charge in [-0.2, -0.15) is 0 Å². The predicted octanol–water partition coefficient (Wildman–Crippen LogP) is 9.42. The van der Waals surface area contributed by atoms with Crippen LogP contribution in [0.2, 0.25) is 0 Å². The van der Waals surface area contributed by atoms with Crippen molar-refractivity contribution in [3.63, 3.8) is 0 Å². The zero-order valence-corrected chi connectivity index (χ0v) is 25.0. The summed E-state index contributed by atoms with van der Waals surface area (Å²) in [7, 11) is -3.89. The monoisotopic (exact) mass is 507 g/mol. The van der Waals surface area contributed by atoms with E-state index in [9.17, 15) is 9.46 Å². The Hall–Kier alpha value is 0.0700. The second-order valence-electron chi connectivity index (χ2n) is 10.8. The highest BCUT2D eigenvalue weighted by Crippen LogP contribution is 2.44. The van der Waals surface area contributed by atoms with Gasteiger partial charge in [-0.3, -0.25) is 9.05 Å². The van der Waals surface area contributed by atoms with Gasteiger partial charge in [0.05, 0.1) is 13.2 Å². The van der Waals surface area contributed by atoms with Crippen LogP contribution in [0.15, 0.2) is 0 Å². The lowest BCUT2D eigenvalue weighted by atomic mass is 9.97. The van der Waals surface area contributed by atoms with Gasteiger partial charge in [-0.05, 0) is 44.9 Å².